The molecule has 0 amide bonds. The molecule has 0 radical (unpaired) electrons. The first kappa shape index (κ1) is 11.4. The Morgan fingerprint density at radius 2 is 2.11 bits per heavy atom. The number of carbonyl (C=O) groups is 1. The Morgan fingerprint density at radius 1 is 1.26 bits per heavy atom. The number of nitrogens with zero attached hydrogens (tertiary/aromatic N) is 5. The van der Waals surface area contributed by atoms with Crippen molar-refractivity contribution >= 4 is 16.9 Å². The third kappa shape index (κ3) is 2.17. The number of aromatic nitrogens is 5. The van der Waals surface area contributed by atoms with E-state index in [1.54, 1.807) is 6.20 Å². The molecule has 0 unspecified atom stereocenters. The summed E-state index contributed by atoms with van der Waals surface area (Å²) in [5, 5.41) is 21.4. The lowest BCUT2D eigenvalue weighted by atomic mass is 10.3. The van der Waals surface area contributed by atoms with Crippen molar-refractivity contribution < 1.29 is 9.90 Å². The highest BCUT2D eigenvalue weighted by Crippen LogP contribution is 2.12. The topological polar surface area (TPSA) is 85.8 Å². The van der Waals surface area contributed by atoms with E-state index in [1.807, 2.05) is 28.9 Å². The fraction of sp³-hybridized carbons (Fsp3) is 0.167. The van der Waals surface area contributed by atoms with Gasteiger partial charge in [0.05, 0.1) is 31.0 Å². The Bertz CT molecular complexity index is 730. The van der Waals surface area contributed by atoms with E-state index in [0.717, 1.165) is 10.9 Å². The van der Waals surface area contributed by atoms with Crippen LogP contribution in [0.15, 0.2) is 36.7 Å². The van der Waals surface area contributed by atoms with Gasteiger partial charge in [0, 0.05) is 5.39 Å². The number of hydrogen-bond acceptors (Lipinski definition) is 4. The van der Waals surface area contributed by atoms with Crippen molar-refractivity contribution in [2.75, 3.05) is 0 Å². The minimum atomic E-state index is -1.07. The van der Waals surface area contributed by atoms with Gasteiger partial charge in [0.25, 0.3) is 0 Å². The van der Waals surface area contributed by atoms with Crippen LogP contribution in [0.25, 0.3) is 10.9 Å². The van der Waals surface area contributed by atoms with E-state index in [4.69, 9.17) is 5.11 Å². The molecule has 0 bridgehead atoms. The Morgan fingerprint density at radius 3 is 2.89 bits per heavy atom. The van der Waals surface area contributed by atoms with Gasteiger partial charge >= 0.3 is 5.97 Å². The first-order chi connectivity index (χ1) is 9.24. The zero-order chi connectivity index (χ0) is 13.2. The highest BCUT2D eigenvalue weighted by atomic mass is 16.4. The van der Waals surface area contributed by atoms with Crippen LogP contribution in [-0.2, 0) is 13.1 Å². The van der Waals surface area contributed by atoms with Gasteiger partial charge in [0.15, 0.2) is 5.69 Å². The number of hydrogen-bond donors (Lipinski definition) is 1. The maximum Gasteiger partial charge on any atom is 0.358 e. The molecular formula is C12H11N5O2. The van der Waals surface area contributed by atoms with Crippen molar-refractivity contribution in [3.05, 3.63) is 42.4 Å². The van der Waals surface area contributed by atoms with Crippen LogP contribution in [-0.4, -0.2) is 35.9 Å². The molecule has 0 aliphatic rings. The van der Waals surface area contributed by atoms with Crippen LogP contribution in [0.5, 0.6) is 0 Å². The Kier molecular flexibility index (Phi) is 2.71. The molecule has 2 heterocycles. The van der Waals surface area contributed by atoms with Gasteiger partial charge in [-0.15, -0.1) is 5.10 Å². The normalized spacial score (nSPS) is 10.9. The molecule has 0 fully saturated rings. The van der Waals surface area contributed by atoms with Gasteiger partial charge in [-0.3, -0.25) is 4.68 Å². The average molecular weight is 257 g/mol. The zero-order valence-electron chi connectivity index (χ0n) is 9.97. The fourth-order valence-electron chi connectivity index (χ4n) is 1.91. The smallest absolute Gasteiger partial charge is 0.358 e. The van der Waals surface area contributed by atoms with E-state index in [0.29, 0.717) is 13.1 Å². The molecule has 0 spiro atoms. The Labute approximate surface area is 108 Å². The molecule has 1 aromatic carbocycles. The van der Waals surface area contributed by atoms with Gasteiger partial charge in [0.1, 0.15) is 0 Å². The van der Waals surface area contributed by atoms with E-state index in [-0.39, 0.29) is 5.69 Å². The first-order valence-corrected chi connectivity index (χ1v) is 5.78. The minimum absolute atomic E-state index is 0.0506. The molecule has 7 heteroatoms. The van der Waals surface area contributed by atoms with E-state index >= 15 is 0 Å². The largest absolute Gasteiger partial charge is 0.476 e. The second kappa shape index (κ2) is 4.52. The number of aryl methyl sites for hydroxylation is 2. The van der Waals surface area contributed by atoms with Crippen molar-refractivity contribution in [2.24, 2.45) is 0 Å². The summed E-state index contributed by atoms with van der Waals surface area (Å²) in [5.41, 5.74) is 0.992. The summed E-state index contributed by atoms with van der Waals surface area (Å²) >= 11 is 0. The Hall–Kier alpha value is -2.70. The molecule has 0 aliphatic carbocycles. The molecule has 0 saturated heterocycles. The molecule has 1 N–H and O–H groups in total. The monoisotopic (exact) mass is 257 g/mol. The lowest BCUT2D eigenvalue weighted by Gasteiger charge is -2.02. The zero-order valence-corrected chi connectivity index (χ0v) is 9.97. The number of carboxylic acids is 1. The molecule has 3 rings (SSSR count). The highest BCUT2D eigenvalue weighted by molar-refractivity contribution is 5.84. The maximum atomic E-state index is 10.7. The SMILES string of the molecule is O=C(O)c1cn(CCn2ncc3ccccc32)nn1. The van der Waals surface area contributed by atoms with Crippen molar-refractivity contribution in [1.82, 2.24) is 24.8 Å². The molecule has 0 atom stereocenters. The second-order valence-electron chi connectivity index (χ2n) is 4.10. The minimum Gasteiger partial charge on any atom is -0.476 e. The number of benzene rings is 1. The van der Waals surface area contributed by atoms with Crippen LogP contribution in [0.1, 0.15) is 10.5 Å². The van der Waals surface area contributed by atoms with Gasteiger partial charge in [0.2, 0.25) is 0 Å². The fourth-order valence-corrected chi connectivity index (χ4v) is 1.91. The van der Waals surface area contributed by atoms with Crippen LogP contribution in [0.3, 0.4) is 0 Å². The lowest BCUT2D eigenvalue weighted by molar-refractivity contribution is 0.0690. The quantitative estimate of drug-likeness (QED) is 0.754. The van der Waals surface area contributed by atoms with Gasteiger partial charge in [-0.1, -0.05) is 23.4 Å². The summed E-state index contributed by atoms with van der Waals surface area (Å²) in [4.78, 5) is 10.7. The molecule has 7 nitrogen and oxygen atoms in total. The van der Waals surface area contributed by atoms with Crippen molar-refractivity contribution in [1.29, 1.82) is 0 Å². The third-order valence-corrected chi connectivity index (χ3v) is 2.85. The number of rotatable bonds is 4. The second-order valence-corrected chi connectivity index (χ2v) is 4.10. The molecule has 96 valence electrons. The average Bonchev–Trinajstić information content (AvgIpc) is 3.03. The molecule has 3 aromatic rings. The van der Waals surface area contributed by atoms with Crippen LogP contribution in [0, 0.1) is 0 Å². The van der Waals surface area contributed by atoms with Gasteiger partial charge < -0.3 is 5.11 Å². The van der Waals surface area contributed by atoms with Gasteiger partial charge in [-0.2, -0.15) is 5.10 Å². The van der Waals surface area contributed by atoms with Gasteiger partial charge in [-0.05, 0) is 6.07 Å². The summed E-state index contributed by atoms with van der Waals surface area (Å²) < 4.78 is 3.36. The van der Waals surface area contributed by atoms with Crippen molar-refractivity contribution in [3.8, 4) is 0 Å². The number of para-hydroxylation sites is 1. The number of aromatic carboxylic acids is 1. The van der Waals surface area contributed by atoms with Crippen molar-refractivity contribution in [3.63, 3.8) is 0 Å². The molecular weight excluding hydrogens is 246 g/mol. The molecule has 2 aromatic heterocycles. The van der Waals surface area contributed by atoms with E-state index in [2.05, 4.69) is 15.4 Å². The summed E-state index contributed by atoms with van der Waals surface area (Å²) in [6.45, 7) is 1.13. The lowest BCUT2D eigenvalue weighted by Crippen LogP contribution is -2.09. The Balaban J connectivity index is 1.76. The maximum absolute atomic E-state index is 10.7. The predicted molar refractivity (Wildman–Crippen MR) is 66.7 cm³/mol. The van der Waals surface area contributed by atoms with Crippen molar-refractivity contribution in [2.45, 2.75) is 13.1 Å². The molecule has 0 aliphatic heterocycles. The number of carboxylic acid groups (broad SMARTS) is 1. The van der Waals surface area contributed by atoms with E-state index in [9.17, 15) is 4.79 Å². The summed E-state index contributed by atoms with van der Waals surface area (Å²) in [6, 6.07) is 7.91. The summed E-state index contributed by atoms with van der Waals surface area (Å²) in [7, 11) is 0. The highest BCUT2D eigenvalue weighted by Gasteiger charge is 2.08. The molecule has 0 saturated carbocycles. The summed E-state index contributed by atoms with van der Waals surface area (Å²) in [6.07, 6.45) is 3.22. The van der Waals surface area contributed by atoms with E-state index < -0.39 is 5.97 Å². The molecule has 19 heavy (non-hydrogen) atoms. The third-order valence-electron chi connectivity index (χ3n) is 2.85. The van der Waals surface area contributed by atoms with E-state index in [1.165, 1.54) is 10.9 Å². The summed E-state index contributed by atoms with van der Waals surface area (Å²) in [5.74, 6) is -1.07. The van der Waals surface area contributed by atoms with Crippen LogP contribution in [0.2, 0.25) is 0 Å². The predicted octanol–water partition coefficient (Wildman–Crippen LogP) is 1.03. The van der Waals surface area contributed by atoms with Crippen LogP contribution in [0.4, 0.5) is 0 Å². The number of fused-ring (bicyclic) bond motifs is 1. The van der Waals surface area contributed by atoms with Crippen LogP contribution >= 0.6 is 0 Å². The standard InChI is InChI=1S/C12H11N5O2/c18-12(19)10-8-16(15-14-10)5-6-17-11-4-2-1-3-9(11)7-13-17/h1-4,7-8H,5-6H2,(H,18,19). The first-order valence-electron chi connectivity index (χ1n) is 5.78. The van der Waals surface area contributed by atoms with Gasteiger partial charge in [-0.25, -0.2) is 9.48 Å². The van der Waals surface area contributed by atoms with Crippen LogP contribution < -0.4 is 0 Å².